The minimum Gasteiger partial charge on any atom is -0.480 e. The SMILES string of the molecule is O=C(O)[C@@H]1C[C@@H](F)CN1S(=O)(=O)c1ccc(F)c(F)c1. The van der Waals surface area contributed by atoms with E-state index in [9.17, 15) is 26.4 Å². The van der Waals surface area contributed by atoms with Crippen molar-refractivity contribution in [2.75, 3.05) is 6.54 Å². The molecule has 1 N–H and O–H groups in total. The molecular weight excluding hydrogens is 299 g/mol. The van der Waals surface area contributed by atoms with Crippen LogP contribution in [0, 0.1) is 11.6 Å². The first kappa shape index (κ1) is 14.8. The van der Waals surface area contributed by atoms with Gasteiger partial charge >= 0.3 is 5.97 Å². The number of carbonyl (C=O) groups is 1. The van der Waals surface area contributed by atoms with Gasteiger partial charge in [0.1, 0.15) is 12.2 Å². The molecule has 1 saturated heterocycles. The van der Waals surface area contributed by atoms with E-state index >= 15 is 0 Å². The predicted molar refractivity (Wildman–Crippen MR) is 61.2 cm³/mol. The highest BCUT2D eigenvalue weighted by atomic mass is 32.2. The zero-order valence-electron chi connectivity index (χ0n) is 9.96. The molecule has 0 spiro atoms. The number of halogens is 3. The van der Waals surface area contributed by atoms with E-state index in [1.807, 2.05) is 0 Å². The van der Waals surface area contributed by atoms with E-state index in [0.29, 0.717) is 16.4 Å². The molecule has 0 aliphatic carbocycles. The highest BCUT2D eigenvalue weighted by molar-refractivity contribution is 7.89. The van der Waals surface area contributed by atoms with Crippen LogP contribution in [0.4, 0.5) is 13.2 Å². The molecule has 9 heteroatoms. The number of carboxylic acids is 1. The molecule has 1 aliphatic heterocycles. The van der Waals surface area contributed by atoms with E-state index in [1.54, 1.807) is 0 Å². The average Bonchev–Trinajstić information content (AvgIpc) is 2.75. The van der Waals surface area contributed by atoms with Crippen LogP contribution in [-0.2, 0) is 14.8 Å². The molecular formula is C11H10F3NO4S. The maximum atomic E-state index is 13.3. The van der Waals surface area contributed by atoms with Crippen molar-refractivity contribution in [1.29, 1.82) is 0 Å². The Hall–Kier alpha value is -1.61. The van der Waals surface area contributed by atoms with Crippen molar-refractivity contribution in [2.45, 2.75) is 23.5 Å². The largest absolute Gasteiger partial charge is 0.480 e. The van der Waals surface area contributed by atoms with E-state index < -0.39 is 57.7 Å². The summed E-state index contributed by atoms with van der Waals surface area (Å²) in [7, 11) is -4.40. The average molecular weight is 309 g/mol. The van der Waals surface area contributed by atoms with Crippen LogP contribution >= 0.6 is 0 Å². The minimum absolute atomic E-state index is 0.440. The lowest BCUT2D eigenvalue weighted by Crippen LogP contribution is -2.40. The lowest BCUT2D eigenvalue weighted by atomic mass is 10.2. The molecule has 1 aromatic carbocycles. The van der Waals surface area contributed by atoms with Gasteiger partial charge in [0.2, 0.25) is 10.0 Å². The van der Waals surface area contributed by atoms with Crippen LogP contribution < -0.4 is 0 Å². The number of nitrogens with zero attached hydrogens (tertiary/aromatic N) is 1. The van der Waals surface area contributed by atoms with Gasteiger partial charge < -0.3 is 5.11 Å². The number of benzene rings is 1. The number of hydrogen-bond acceptors (Lipinski definition) is 3. The fraction of sp³-hybridized carbons (Fsp3) is 0.364. The predicted octanol–water partition coefficient (Wildman–Crippen LogP) is 1.15. The van der Waals surface area contributed by atoms with Gasteiger partial charge in [-0.3, -0.25) is 4.79 Å². The molecule has 1 fully saturated rings. The first-order valence-electron chi connectivity index (χ1n) is 5.57. The summed E-state index contributed by atoms with van der Waals surface area (Å²) < 4.78 is 63.9. The summed E-state index contributed by atoms with van der Waals surface area (Å²) in [5.41, 5.74) is 0. The van der Waals surface area contributed by atoms with Gasteiger partial charge in [0, 0.05) is 13.0 Å². The summed E-state index contributed by atoms with van der Waals surface area (Å²) in [4.78, 5) is 10.3. The second-order valence-corrected chi connectivity index (χ2v) is 6.23. The Bertz CT molecular complexity index is 649. The Kier molecular flexibility index (Phi) is 3.74. The van der Waals surface area contributed by atoms with Crippen LogP contribution in [0.5, 0.6) is 0 Å². The van der Waals surface area contributed by atoms with E-state index in [0.717, 1.165) is 6.07 Å². The summed E-state index contributed by atoms with van der Waals surface area (Å²) in [6, 6.07) is 0.303. The van der Waals surface area contributed by atoms with Gasteiger partial charge in [-0.05, 0) is 18.2 Å². The molecule has 1 aromatic rings. The molecule has 20 heavy (non-hydrogen) atoms. The summed E-state index contributed by atoms with van der Waals surface area (Å²) >= 11 is 0. The third-order valence-corrected chi connectivity index (χ3v) is 4.86. The number of carboxylic acid groups (broad SMARTS) is 1. The Morgan fingerprint density at radius 3 is 2.50 bits per heavy atom. The van der Waals surface area contributed by atoms with Crippen molar-refractivity contribution >= 4 is 16.0 Å². The number of aliphatic carboxylic acids is 1. The van der Waals surface area contributed by atoms with Gasteiger partial charge in [-0.1, -0.05) is 0 Å². The molecule has 2 atom stereocenters. The summed E-state index contributed by atoms with van der Waals surface area (Å²) in [6.45, 7) is -0.627. The van der Waals surface area contributed by atoms with Crippen LogP contribution in [0.3, 0.4) is 0 Å². The zero-order chi connectivity index (χ0) is 15.1. The van der Waals surface area contributed by atoms with Crippen LogP contribution in [0.2, 0.25) is 0 Å². The molecule has 2 rings (SSSR count). The lowest BCUT2D eigenvalue weighted by molar-refractivity contribution is -0.140. The van der Waals surface area contributed by atoms with Crippen molar-refractivity contribution < 1.29 is 31.5 Å². The van der Waals surface area contributed by atoms with E-state index in [2.05, 4.69) is 0 Å². The molecule has 0 radical (unpaired) electrons. The maximum absolute atomic E-state index is 13.3. The smallest absolute Gasteiger partial charge is 0.322 e. The standard InChI is InChI=1S/C11H10F3NO4S/c12-6-3-10(11(16)17)15(5-6)20(18,19)7-1-2-8(13)9(14)4-7/h1-2,4,6,10H,3,5H2,(H,16,17)/t6-,10+/m1/s1. The van der Waals surface area contributed by atoms with Crippen molar-refractivity contribution in [1.82, 2.24) is 4.31 Å². The van der Waals surface area contributed by atoms with Gasteiger partial charge in [0.25, 0.3) is 0 Å². The summed E-state index contributed by atoms with van der Waals surface area (Å²) in [5.74, 6) is -4.10. The van der Waals surface area contributed by atoms with E-state index in [-0.39, 0.29) is 0 Å². The lowest BCUT2D eigenvalue weighted by Gasteiger charge is -2.20. The summed E-state index contributed by atoms with van der Waals surface area (Å²) in [6.07, 6.45) is -2.09. The Balaban J connectivity index is 2.43. The van der Waals surface area contributed by atoms with Gasteiger partial charge in [0.15, 0.2) is 11.6 Å². The number of sulfonamides is 1. The van der Waals surface area contributed by atoms with Crippen LogP contribution in [-0.4, -0.2) is 42.6 Å². The highest BCUT2D eigenvalue weighted by Gasteiger charge is 2.44. The third kappa shape index (κ3) is 2.50. The molecule has 1 aliphatic rings. The first-order chi connectivity index (χ1) is 9.23. The third-order valence-electron chi connectivity index (χ3n) is 2.99. The maximum Gasteiger partial charge on any atom is 0.322 e. The number of hydrogen-bond donors (Lipinski definition) is 1. The fourth-order valence-electron chi connectivity index (χ4n) is 2.02. The first-order valence-corrected chi connectivity index (χ1v) is 7.01. The second kappa shape index (κ2) is 5.06. The van der Waals surface area contributed by atoms with Crippen LogP contribution in [0.15, 0.2) is 23.1 Å². The van der Waals surface area contributed by atoms with E-state index in [1.165, 1.54) is 0 Å². The zero-order valence-corrected chi connectivity index (χ0v) is 10.8. The minimum atomic E-state index is -4.40. The fourth-order valence-corrected chi connectivity index (χ4v) is 3.65. The number of rotatable bonds is 3. The van der Waals surface area contributed by atoms with E-state index in [4.69, 9.17) is 5.11 Å². The van der Waals surface area contributed by atoms with Gasteiger partial charge in [-0.25, -0.2) is 21.6 Å². The molecule has 0 saturated carbocycles. The van der Waals surface area contributed by atoms with Gasteiger partial charge in [-0.15, -0.1) is 0 Å². The summed E-state index contributed by atoms with van der Waals surface area (Å²) in [5, 5.41) is 8.90. The van der Waals surface area contributed by atoms with Gasteiger partial charge in [0.05, 0.1) is 4.90 Å². The molecule has 5 nitrogen and oxygen atoms in total. The second-order valence-electron chi connectivity index (χ2n) is 4.34. The van der Waals surface area contributed by atoms with Crippen LogP contribution in [0.1, 0.15) is 6.42 Å². The normalized spacial score (nSPS) is 23.9. The molecule has 0 unspecified atom stereocenters. The van der Waals surface area contributed by atoms with Crippen molar-refractivity contribution in [3.8, 4) is 0 Å². The number of alkyl halides is 1. The van der Waals surface area contributed by atoms with Crippen molar-refractivity contribution in [3.05, 3.63) is 29.8 Å². The molecule has 0 aromatic heterocycles. The van der Waals surface area contributed by atoms with Crippen molar-refractivity contribution in [2.24, 2.45) is 0 Å². The monoisotopic (exact) mass is 309 g/mol. The van der Waals surface area contributed by atoms with Crippen LogP contribution in [0.25, 0.3) is 0 Å². The Labute approximate surface area is 112 Å². The highest BCUT2D eigenvalue weighted by Crippen LogP contribution is 2.28. The molecule has 0 bridgehead atoms. The quantitative estimate of drug-likeness (QED) is 0.909. The Morgan fingerprint density at radius 1 is 1.30 bits per heavy atom. The molecule has 110 valence electrons. The van der Waals surface area contributed by atoms with Crippen molar-refractivity contribution in [3.63, 3.8) is 0 Å². The molecule has 0 amide bonds. The topological polar surface area (TPSA) is 74.7 Å². The molecule has 1 heterocycles. The van der Waals surface area contributed by atoms with Gasteiger partial charge in [-0.2, -0.15) is 4.31 Å². The Morgan fingerprint density at radius 2 is 1.95 bits per heavy atom.